The second-order valence-corrected chi connectivity index (χ2v) is 3.32. The van der Waals surface area contributed by atoms with Gasteiger partial charge in [-0.25, -0.2) is 5.48 Å². The van der Waals surface area contributed by atoms with Gasteiger partial charge in [-0.1, -0.05) is 27.7 Å². The Morgan fingerprint density at radius 1 is 1.50 bits per heavy atom. The van der Waals surface area contributed by atoms with Crippen molar-refractivity contribution in [2.45, 2.75) is 27.7 Å². The highest BCUT2D eigenvalue weighted by Crippen LogP contribution is 2.25. The van der Waals surface area contributed by atoms with Gasteiger partial charge in [-0.3, -0.25) is 10.0 Å². The summed E-state index contributed by atoms with van der Waals surface area (Å²) in [5.41, 5.74) is 1.16. The van der Waals surface area contributed by atoms with Crippen molar-refractivity contribution >= 4 is 5.91 Å². The van der Waals surface area contributed by atoms with Crippen molar-refractivity contribution in [3.8, 4) is 0 Å². The van der Waals surface area contributed by atoms with Crippen LogP contribution >= 0.6 is 0 Å². The molecule has 0 bridgehead atoms. The zero-order valence-electron chi connectivity index (χ0n) is 6.93. The molecule has 0 radical (unpaired) electrons. The van der Waals surface area contributed by atoms with Crippen molar-refractivity contribution in [1.29, 1.82) is 0 Å². The average molecular weight is 145 g/mol. The van der Waals surface area contributed by atoms with Gasteiger partial charge in [0.2, 0.25) is 5.91 Å². The minimum Gasteiger partial charge on any atom is -0.289 e. The molecule has 1 amide bonds. The Labute approximate surface area is 61.4 Å². The molecule has 0 saturated heterocycles. The largest absolute Gasteiger partial charge is 0.289 e. The van der Waals surface area contributed by atoms with Crippen LogP contribution in [0.1, 0.15) is 27.7 Å². The number of nitrogens with one attached hydrogen (secondary N) is 1. The van der Waals surface area contributed by atoms with E-state index < -0.39 is 5.41 Å². The van der Waals surface area contributed by atoms with Crippen LogP contribution in [0.2, 0.25) is 0 Å². The lowest BCUT2D eigenvalue weighted by Gasteiger charge is -2.25. The topological polar surface area (TPSA) is 49.3 Å². The maximum absolute atomic E-state index is 10.9. The van der Waals surface area contributed by atoms with E-state index in [1.807, 2.05) is 13.8 Å². The molecule has 2 N–H and O–H groups in total. The first-order valence-corrected chi connectivity index (χ1v) is 3.37. The van der Waals surface area contributed by atoms with Gasteiger partial charge in [-0.05, 0) is 5.92 Å². The molecule has 0 aromatic carbocycles. The number of amides is 1. The number of hydroxylamine groups is 1. The average Bonchev–Trinajstić information content (AvgIpc) is 1.86. The molecule has 0 unspecified atom stereocenters. The van der Waals surface area contributed by atoms with Gasteiger partial charge in [0.25, 0.3) is 0 Å². The smallest absolute Gasteiger partial charge is 0.249 e. The normalized spacial score (nSPS) is 11.8. The van der Waals surface area contributed by atoms with Crippen molar-refractivity contribution in [2.75, 3.05) is 0 Å². The lowest BCUT2D eigenvalue weighted by molar-refractivity contribution is -0.140. The predicted molar refractivity (Wildman–Crippen MR) is 38.5 cm³/mol. The minimum atomic E-state index is -0.491. The van der Waals surface area contributed by atoms with Crippen LogP contribution in [0.25, 0.3) is 0 Å². The number of carbonyl (C=O) groups excluding carboxylic acids is 1. The fourth-order valence-electron chi connectivity index (χ4n) is 0.406. The van der Waals surface area contributed by atoms with Crippen LogP contribution < -0.4 is 5.48 Å². The van der Waals surface area contributed by atoms with E-state index in [4.69, 9.17) is 5.21 Å². The summed E-state index contributed by atoms with van der Waals surface area (Å²) in [6.07, 6.45) is 0. The van der Waals surface area contributed by atoms with Gasteiger partial charge in [-0.2, -0.15) is 0 Å². The van der Waals surface area contributed by atoms with Crippen molar-refractivity contribution < 1.29 is 10.0 Å². The van der Waals surface area contributed by atoms with E-state index >= 15 is 0 Å². The zero-order chi connectivity index (χ0) is 8.36. The van der Waals surface area contributed by atoms with Crippen LogP contribution in [0.15, 0.2) is 0 Å². The van der Waals surface area contributed by atoms with E-state index in [1.54, 1.807) is 19.3 Å². The predicted octanol–water partition coefficient (Wildman–Crippen LogP) is 1.17. The van der Waals surface area contributed by atoms with Crippen molar-refractivity contribution in [3.05, 3.63) is 0 Å². The maximum atomic E-state index is 10.9. The molecule has 0 aromatic heterocycles. The first-order valence-electron chi connectivity index (χ1n) is 3.37. The zero-order valence-corrected chi connectivity index (χ0v) is 6.93. The third-order valence-electron chi connectivity index (χ3n) is 2.13. The first-order chi connectivity index (χ1) is 4.42. The van der Waals surface area contributed by atoms with Crippen LogP contribution in [0.3, 0.4) is 0 Å². The highest BCUT2D eigenvalue weighted by Gasteiger charge is 2.30. The molecule has 0 aliphatic heterocycles. The summed E-state index contributed by atoms with van der Waals surface area (Å²) in [6, 6.07) is 0. The third-order valence-corrected chi connectivity index (χ3v) is 2.13. The van der Waals surface area contributed by atoms with E-state index in [1.165, 1.54) is 0 Å². The Hall–Kier alpha value is -0.570. The van der Waals surface area contributed by atoms with E-state index in [-0.39, 0.29) is 11.8 Å². The number of rotatable bonds is 2. The van der Waals surface area contributed by atoms with Crippen molar-refractivity contribution in [2.24, 2.45) is 11.3 Å². The third kappa shape index (κ3) is 1.70. The summed E-state index contributed by atoms with van der Waals surface area (Å²) in [7, 11) is 0. The van der Waals surface area contributed by atoms with Gasteiger partial charge < -0.3 is 0 Å². The van der Waals surface area contributed by atoms with E-state index in [9.17, 15) is 4.79 Å². The highest BCUT2D eigenvalue weighted by molar-refractivity contribution is 5.80. The molecule has 0 saturated carbocycles. The summed E-state index contributed by atoms with van der Waals surface area (Å²) < 4.78 is 0. The Balaban J connectivity index is 4.24. The van der Waals surface area contributed by atoms with Crippen LogP contribution in [-0.4, -0.2) is 11.1 Å². The van der Waals surface area contributed by atoms with Crippen molar-refractivity contribution in [1.82, 2.24) is 5.48 Å². The van der Waals surface area contributed by atoms with E-state index in [2.05, 4.69) is 0 Å². The van der Waals surface area contributed by atoms with Crippen LogP contribution in [0.4, 0.5) is 0 Å². The summed E-state index contributed by atoms with van der Waals surface area (Å²) in [6.45, 7) is 7.47. The number of carbonyl (C=O) groups is 1. The Morgan fingerprint density at radius 2 is 1.90 bits per heavy atom. The van der Waals surface area contributed by atoms with Crippen LogP contribution in [0, 0.1) is 11.3 Å². The van der Waals surface area contributed by atoms with Crippen molar-refractivity contribution in [3.63, 3.8) is 0 Å². The quantitative estimate of drug-likeness (QED) is 0.452. The molecule has 10 heavy (non-hydrogen) atoms. The molecule has 0 spiro atoms. The summed E-state index contributed by atoms with van der Waals surface area (Å²) >= 11 is 0. The minimum absolute atomic E-state index is 0.222. The second kappa shape index (κ2) is 3.01. The van der Waals surface area contributed by atoms with Gasteiger partial charge in [0, 0.05) is 5.41 Å². The summed E-state index contributed by atoms with van der Waals surface area (Å²) in [4.78, 5) is 10.9. The van der Waals surface area contributed by atoms with Gasteiger partial charge in [0.05, 0.1) is 0 Å². The molecule has 3 nitrogen and oxygen atoms in total. The lowest BCUT2D eigenvalue weighted by atomic mass is 9.81. The monoisotopic (exact) mass is 145 g/mol. The molecule has 0 aromatic rings. The van der Waals surface area contributed by atoms with Crippen LogP contribution in [-0.2, 0) is 4.79 Å². The van der Waals surface area contributed by atoms with Gasteiger partial charge >= 0.3 is 0 Å². The second-order valence-electron chi connectivity index (χ2n) is 3.32. The number of hydrogen-bond acceptors (Lipinski definition) is 2. The maximum Gasteiger partial charge on any atom is 0.249 e. The standard InChI is InChI=1S/C7H15NO2/c1-5(2)7(3,4)6(9)8-10/h5,10H,1-4H3,(H,8,9). The van der Waals surface area contributed by atoms with E-state index in [0.717, 1.165) is 0 Å². The SMILES string of the molecule is CC(C)C(C)(C)C(=O)NO. The molecule has 3 heteroatoms. The molecule has 60 valence electrons. The molecule has 0 aliphatic rings. The Bertz CT molecular complexity index is 130. The fraction of sp³-hybridized carbons (Fsp3) is 0.857. The highest BCUT2D eigenvalue weighted by atomic mass is 16.5. The van der Waals surface area contributed by atoms with E-state index in [0.29, 0.717) is 0 Å². The van der Waals surface area contributed by atoms with Crippen LogP contribution in [0.5, 0.6) is 0 Å². The van der Waals surface area contributed by atoms with Gasteiger partial charge in [-0.15, -0.1) is 0 Å². The Morgan fingerprint density at radius 3 is 2.00 bits per heavy atom. The number of hydrogen-bond donors (Lipinski definition) is 2. The van der Waals surface area contributed by atoms with Gasteiger partial charge in [0.15, 0.2) is 0 Å². The summed E-state index contributed by atoms with van der Waals surface area (Å²) in [5.74, 6) is -0.109. The fourth-order valence-corrected chi connectivity index (χ4v) is 0.406. The summed E-state index contributed by atoms with van der Waals surface area (Å²) in [5, 5.41) is 8.32. The molecule has 0 heterocycles. The molecule has 0 aliphatic carbocycles. The molecular weight excluding hydrogens is 130 g/mol. The molecule has 0 rings (SSSR count). The molecule has 0 fully saturated rings. The first kappa shape index (κ1) is 9.43. The molecule has 0 atom stereocenters. The lowest BCUT2D eigenvalue weighted by Crippen LogP contribution is -2.38. The Kier molecular flexibility index (Phi) is 2.84. The van der Waals surface area contributed by atoms with Gasteiger partial charge in [0.1, 0.15) is 0 Å². The molecular formula is C7H15NO2.